The first-order valence-electron chi connectivity index (χ1n) is 8.80. The van der Waals surface area contributed by atoms with Crippen molar-refractivity contribution in [3.05, 3.63) is 71.0 Å². The lowest BCUT2D eigenvalue weighted by atomic mass is 10.2. The van der Waals surface area contributed by atoms with Crippen molar-refractivity contribution in [3.8, 4) is 11.4 Å². The molecule has 4 nitrogen and oxygen atoms in total. The molecule has 0 amide bonds. The molecule has 4 rings (SSSR count). The number of hydrogen-bond acceptors (Lipinski definition) is 3. The van der Waals surface area contributed by atoms with E-state index in [4.69, 9.17) is 17.3 Å². The molecule has 0 bridgehead atoms. The van der Waals surface area contributed by atoms with Crippen molar-refractivity contribution >= 4 is 12.2 Å². The molecule has 1 aromatic heterocycles. The number of aromatic nitrogens is 3. The van der Waals surface area contributed by atoms with Crippen molar-refractivity contribution < 1.29 is 0 Å². The van der Waals surface area contributed by atoms with Crippen LogP contribution in [-0.2, 0) is 13.2 Å². The molecule has 0 aliphatic carbocycles. The van der Waals surface area contributed by atoms with Crippen LogP contribution in [0.25, 0.3) is 11.4 Å². The Labute approximate surface area is 153 Å². The van der Waals surface area contributed by atoms with Crippen molar-refractivity contribution in [1.29, 1.82) is 0 Å². The zero-order valence-electron chi connectivity index (χ0n) is 14.2. The van der Waals surface area contributed by atoms with E-state index in [0.717, 1.165) is 42.5 Å². The fourth-order valence-electron chi connectivity index (χ4n) is 3.36. The van der Waals surface area contributed by atoms with Crippen molar-refractivity contribution in [2.24, 2.45) is 0 Å². The van der Waals surface area contributed by atoms with Gasteiger partial charge in [-0.3, -0.25) is 9.47 Å². The van der Waals surface area contributed by atoms with Crippen molar-refractivity contribution in [3.63, 3.8) is 0 Å². The molecule has 0 spiro atoms. The third-order valence-electron chi connectivity index (χ3n) is 4.67. The van der Waals surface area contributed by atoms with Gasteiger partial charge in [-0.15, -0.1) is 0 Å². The highest BCUT2D eigenvalue weighted by Gasteiger charge is 2.17. The van der Waals surface area contributed by atoms with Crippen molar-refractivity contribution in [2.75, 3.05) is 13.1 Å². The van der Waals surface area contributed by atoms with Crippen LogP contribution in [0.3, 0.4) is 0 Å². The average Bonchev–Trinajstić information content (AvgIpc) is 3.27. The van der Waals surface area contributed by atoms with Gasteiger partial charge in [0.2, 0.25) is 0 Å². The zero-order valence-corrected chi connectivity index (χ0v) is 15.0. The van der Waals surface area contributed by atoms with Gasteiger partial charge in [0.05, 0.1) is 13.2 Å². The lowest BCUT2D eigenvalue weighted by Gasteiger charge is -2.13. The van der Waals surface area contributed by atoms with Crippen LogP contribution in [0, 0.1) is 4.77 Å². The van der Waals surface area contributed by atoms with E-state index in [0.29, 0.717) is 0 Å². The lowest BCUT2D eigenvalue weighted by molar-refractivity contribution is 0.253. The van der Waals surface area contributed by atoms with Crippen LogP contribution in [0.2, 0.25) is 0 Å². The normalized spacial score (nSPS) is 14.9. The Morgan fingerprint density at radius 1 is 0.880 bits per heavy atom. The minimum absolute atomic E-state index is 0.740. The summed E-state index contributed by atoms with van der Waals surface area (Å²) in [5.41, 5.74) is 2.33. The van der Waals surface area contributed by atoms with E-state index in [1.54, 1.807) is 0 Å². The fraction of sp³-hybridized carbons (Fsp3) is 0.300. The summed E-state index contributed by atoms with van der Waals surface area (Å²) in [5.74, 6) is 0.939. The molecule has 0 atom stereocenters. The molecular formula is C20H22N4S. The second kappa shape index (κ2) is 7.33. The Morgan fingerprint density at radius 3 is 2.20 bits per heavy atom. The fourth-order valence-corrected chi connectivity index (χ4v) is 3.61. The smallest absolute Gasteiger partial charge is 0.199 e. The first-order chi connectivity index (χ1) is 12.3. The number of benzene rings is 2. The van der Waals surface area contributed by atoms with Crippen molar-refractivity contribution in [2.45, 2.75) is 26.1 Å². The standard InChI is InChI=1S/C20H22N4S/c25-20-23(15-17-9-3-1-4-10-17)19(18-11-5-2-6-12-18)21-24(20)16-22-13-7-8-14-22/h1-6,9-12H,7-8,13-16H2. The van der Waals surface area contributed by atoms with E-state index in [9.17, 15) is 0 Å². The second-order valence-corrected chi connectivity index (χ2v) is 6.88. The highest BCUT2D eigenvalue weighted by molar-refractivity contribution is 7.71. The maximum atomic E-state index is 5.78. The Morgan fingerprint density at radius 2 is 1.52 bits per heavy atom. The summed E-state index contributed by atoms with van der Waals surface area (Å²) in [4.78, 5) is 2.42. The van der Waals surface area contributed by atoms with Crippen LogP contribution in [-0.4, -0.2) is 32.3 Å². The largest absolute Gasteiger partial charge is 0.295 e. The minimum Gasteiger partial charge on any atom is -0.295 e. The summed E-state index contributed by atoms with van der Waals surface area (Å²) in [6.07, 6.45) is 2.53. The number of nitrogens with zero attached hydrogens (tertiary/aromatic N) is 4. The summed E-state index contributed by atoms with van der Waals surface area (Å²) in [6.45, 7) is 3.78. The molecule has 1 fully saturated rings. The third kappa shape index (κ3) is 3.57. The summed E-state index contributed by atoms with van der Waals surface area (Å²) >= 11 is 5.78. The second-order valence-electron chi connectivity index (χ2n) is 6.51. The molecule has 0 N–H and O–H groups in total. The summed E-state index contributed by atoms with van der Waals surface area (Å²) in [7, 11) is 0. The topological polar surface area (TPSA) is 26.0 Å². The van der Waals surface area contributed by atoms with E-state index < -0.39 is 0 Å². The van der Waals surface area contributed by atoms with Gasteiger partial charge in [0.25, 0.3) is 0 Å². The number of likely N-dealkylation sites (tertiary alicyclic amines) is 1. The molecule has 5 heteroatoms. The lowest BCUT2D eigenvalue weighted by Crippen LogP contribution is -2.23. The molecule has 25 heavy (non-hydrogen) atoms. The molecule has 0 saturated carbocycles. The quantitative estimate of drug-likeness (QED) is 0.646. The van der Waals surface area contributed by atoms with Gasteiger partial charge >= 0.3 is 0 Å². The van der Waals surface area contributed by atoms with Gasteiger partial charge in [-0.2, -0.15) is 5.10 Å². The SMILES string of the molecule is S=c1n(CN2CCCC2)nc(-c2ccccc2)n1Cc1ccccc1. The summed E-state index contributed by atoms with van der Waals surface area (Å²) in [5, 5.41) is 4.87. The molecule has 3 aromatic rings. The third-order valence-corrected chi connectivity index (χ3v) is 5.10. The first kappa shape index (κ1) is 16.2. The molecule has 2 aromatic carbocycles. The summed E-state index contributed by atoms with van der Waals surface area (Å²) in [6, 6.07) is 20.7. The van der Waals surface area contributed by atoms with Crippen LogP contribution in [0.4, 0.5) is 0 Å². The molecule has 0 radical (unpaired) electrons. The minimum atomic E-state index is 0.740. The van der Waals surface area contributed by atoms with Gasteiger partial charge < -0.3 is 0 Å². The van der Waals surface area contributed by atoms with Gasteiger partial charge in [-0.25, -0.2) is 4.68 Å². The number of rotatable bonds is 5. The van der Waals surface area contributed by atoms with Crippen LogP contribution in [0.1, 0.15) is 18.4 Å². The van der Waals surface area contributed by atoms with Gasteiger partial charge in [0.15, 0.2) is 10.6 Å². The first-order valence-corrected chi connectivity index (χ1v) is 9.21. The van der Waals surface area contributed by atoms with Gasteiger partial charge in [-0.05, 0) is 43.7 Å². The highest BCUT2D eigenvalue weighted by atomic mass is 32.1. The Hall–Kier alpha value is -2.24. The van der Waals surface area contributed by atoms with Gasteiger partial charge in [-0.1, -0.05) is 60.7 Å². The van der Waals surface area contributed by atoms with Crippen LogP contribution >= 0.6 is 12.2 Å². The predicted octanol–water partition coefficient (Wildman–Crippen LogP) is 4.18. The van der Waals surface area contributed by atoms with Crippen LogP contribution < -0.4 is 0 Å². The molecule has 128 valence electrons. The molecule has 0 unspecified atom stereocenters. The maximum absolute atomic E-state index is 5.78. The van der Waals surface area contributed by atoms with Gasteiger partial charge in [0.1, 0.15) is 0 Å². The molecule has 2 heterocycles. The predicted molar refractivity (Wildman–Crippen MR) is 103 cm³/mol. The number of hydrogen-bond donors (Lipinski definition) is 0. The van der Waals surface area contributed by atoms with E-state index in [1.807, 2.05) is 28.9 Å². The Balaban J connectivity index is 1.73. The zero-order chi connectivity index (χ0) is 17.1. The average molecular weight is 350 g/mol. The van der Waals surface area contributed by atoms with E-state index in [1.165, 1.54) is 18.4 Å². The molecular weight excluding hydrogens is 328 g/mol. The van der Waals surface area contributed by atoms with Crippen LogP contribution in [0.15, 0.2) is 60.7 Å². The molecule has 1 saturated heterocycles. The van der Waals surface area contributed by atoms with E-state index in [-0.39, 0.29) is 0 Å². The van der Waals surface area contributed by atoms with E-state index >= 15 is 0 Å². The van der Waals surface area contributed by atoms with Gasteiger partial charge in [0, 0.05) is 5.56 Å². The van der Waals surface area contributed by atoms with E-state index in [2.05, 4.69) is 45.9 Å². The van der Waals surface area contributed by atoms with Crippen molar-refractivity contribution in [1.82, 2.24) is 19.2 Å². The highest BCUT2D eigenvalue weighted by Crippen LogP contribution is 2.20. The maximum Gasteiger partial charge on any atom is 0.199 e. The molecule has 1 aliphatic heterocycles. The van der Waals surface area contributed by atoms with Crippen LogP contribution in [0.5, 0.6) is 0 Å². The summed E-state index contributed by atoms with van der Waals surface area (Å²) < 4.78 is 4.91. The Bertz CT molecular complexity index is 877. The monoisotopic (exact) mass is 350 g/mol. The molecule has 1 aliphatic rings. The Kier molecular flexibility index (Phi) is 4.76.